The molecule has 5 heteroatoms. The van der Waals surface area contributed by atoms with Crippen molar-refractivity contribution < 1.29 is 19.7 Å². The maximum Gasteiger partial charge on any atom is 0.124 e. The molecule has 2 aromatic rings. The Bertz CT molecular complexity index is 839. The smallest absolute Gasteiger partial charge is 0.124 e. The van der Waals surface area contributed by atoms with E-state index in [1.54, 1.807) is 7.11 Å². The van der Waals surface area contributed by atoms with Crippen molar-refractivity contribution in [1.82, 2.24) is 4.90 Å². The Labute approximate surface area is 166 Å². The van der Waals surface area contributed by atoms with Gasteiger partial charge in [0.05, 0.1) is 13.2 Å². The molecule has 2 N–H and O–H groups in total. The molecule has 3 unspecified atom stereocenters. The van der Waals surface area contributed by atoms with Crippen LogP contribution < -0.4 is 9.47 Å². The summed E-state index contributed by atoms with van der Waals surface area (Å²) in [5.74, 6) is 1.63. The Morgan fingerprint density at radius 2 is 2.11 bits per heavy atom. The van der Waals surface area contributed by atoms with Crippen molar-refractivity contribution in [3.05, 3.63) is 59.2 Å². The standard InChI is InChI=1S/C23H29NO4/c1-16-12-18-13-17(8-9-21(18)28-16)20(25)14-24-11-5-10-23(26,15-24)19-6-3-4-7-22(19)27-2/h3-4,6-9,13,16,20,25-26H,5,10-12,14-15H2,1-2H3. The molecule has 3 atom stereocenters. The van der Waals surface area contributed by atoms with Crippen LogP contribution >= 0.6 is 0 Å². The van der Waals surface area contributed by atoms with Gasteiger partial charge in [-0.2, -0.15) is 0 Å². The highest BCUT2D eigenvalue weighted by atomic mass is 16.5. The predicted octanol–water partition coefficient (Wildman–Crippen LogP) is 3.04. The van der Waals surface area contributed by atoms with Crippen molar-refractivity contribution in [2.24, 2.45) is 0 Å². The molecule has 0 saturated carbocycles. The number of likely N-dealkylation sites (tertiary alicyclic amines) is 1. The fourth-order valence-electron chi connectivity index (χ4n) is 4.53. The van der Waals surface area contributed by atoms with Crippen LogP contribution in [0, 0.1) is 0 Å². The second-order valence-corrected chi connectivity index (χ2v) is 8.09. The van der Waals surface area contributed by atoms with E-state index in [0.29, 0.717) is 25.3 Å². The number of piperidine rings is 1. The van der Waals surface area contributed by atoms with E-state index >= 15 is 0 Å². The molecule has 5 nitrogen and oxygen atoms in total. The summed E-state index contributed by atoms with van der Waals surface area (Å²) in [7, 11) is 1.63. The van der Waals surface area contributed by atoms with E-state index in [1.165, 1.54) is 0 Å². The first-order chi connectivity index (χ1) is 13.5. The van der Waals surface area contributed by atoms with Gasteiger partial charge < -0.3 is 19.7 Å². The summed E-state index contributed by atoms with van der Waals surface area (Å²) in [6, 6.07) is 13.6. The summed E-state index contributed by atoms with van der Waals surface area (Å²) in [6.45, 7) is 3.89. The fraction of sp³-hybridized carbons (Fsp3) is 0.478. The molecule has 0 spiro atoms. The zero-order valence-corrected chi connectivity index (χ0v) is 16.6. The quantitative estimate of drug-likeness (QED) is 0.831. The predicted molar refractivity (Wildman–Crippen MR) is 108 cm³/mol. The van der Waals surface area contributed by atoms with Crippen LogP contribution in [0.15, 0.2) is 42.5 Å². The van der Waals surface area contributed by atoms with E-state index in [9.17, 15) is 10.2 Å². The number of hydrogen-bond donors (Lipinski definition) is 2. The Hall–Kier alpha value is -2.08. The number of ether oxygens (including phenoxy) is 2. The first-order valence-electron chi connectivity index (χ1n) is 10.0. The highest BCUT2D eigenvalue weighted by molar-refractivity contribution is 5.41. The molecular formula is C23H29NO4. The Morgan fingerprint density at radius 1 is 1.29 bits per heavy atom. The molecule has 0 bridgehead atoms. The van der Waals surface area contributed by atoms with Gasteiger partial charge in [0.25, 0.3) is 0 Å². The number of rotatable bonds is 5. The Kier molecular flexibility index (Phi) is 5.32. The molecule has 150 valence electrons. The van der Waals surface area contributed by atoms with Crippen LogP contribution in [0.4, 0.5) is 0 Å². The van der Waals surface area contributed by atoms with Crippen LogP contribution in [0.25, 0.3) is 0 Å². The maximum atomic E-state index is 11.3. The van der Waals surface area contributed by atoms with Crippen molar-refractivity contribution in [1.29, 1.82) is 0 Å². The lowest BCUT2D eigenvalue weighted by atomic mass is 9.85. The summed E-state index contributed by atoms with van der Waals surface area (Å²) in [5.41, 5.74) is 1.92. The van der Waals surface area contributed by atoms with Gasteiger partial charge in [-0.3, -0.25) is 4.90 Å². The third-order valence-electron chi connectivity index (χ3n) is 5.89. The Morgan fingerprint density at radius 3 is 2.93 bits per heavy atom. The molecule has 2 aromatic carbocycles. The van der Waals surface area contributed by atoms with Gasteiger partial charge in [-0.15, -0.1) is 0 Å². The van der Waals surface area contributed by atoms with Crippen molar-refractivity contribution >= 4 is 0 Å². The summed E-state index contributed by atoms with van der Waals surface area (Å²) in [5, 5.41) is 22.2. The highest BCUT2D eigenvalue weighted by Crippen LogP contribution is 2.37. The number of methoxy groups -OCH3 is 1. The van der Waals surface area contributed by atoms with Crippen LogP contribution in [0.5, 0.6) is 11.5 Å². The van der Waals surface area contributed by atoms with Gasteiger partial charge in [0.1, 0.15) is 23.2 Å². The van der Waals surface area contributed by atoms with Gasteiger partial charge in [-0.1, -0.05) is 24.3 Å². The van der Waals surface area contributed by atoms with E-state index in [4.69, 9.17) is 9.47 Å². The molecule has 0 aromatic heterocycles. The molecule has 1 saturated heterocycles. The first-order valence-corrected chi connectivity index (χ1v) is 10.0. The lowest BCUT2D eigenvalue weighted by Crippen LogP contribution is -2.47. The normalized spacial score (nSPS) is 25.8. The molecule has 1 fully saturated rings. The van der Waals surface area contributed by atoms with E-state index < -0.39 is 11.7 Å². The van der Waals surface area contributed by atoms with Gasteiger partial charge in [-0.05, 0) is 55.6 Å². The van der Waals surface area contributed by atoms with E-state index in [1.807, 2.05) is 36.4 Å². The fourth-order valence-corrected chi connectivity index (χ4v) is 4.53. The molecular weight excluding hydrogens is 354 g/mol. The summed E-state index contributed by atoms with van der Waals surface area (Å²) >= 11 is 0. The summed E-state index contributed by atoms with van der Waals surface area (Å²) in [6.07, 6.45) is 2.04. The topological polar surface area (TPSA) is 62.2 Å². The molecule has 2 heterocycles. The minimum Gasteiger partial charge on any atom is -0.496 e. The molecule has 0 amide bonds. The zero-order chi connectivity index (χ0) is 19.7. The van der Waals surface area contributed by atoms with Crippen molar-refractivity contribution in [3.8, 4) is 11.5 Å². The second kappa shape index (κ2) is 7.74. The number of benzene rings is 2. The number of fused-ring (bicyclic) bond motifs is 1. The largest absolute Gasteiger partial charge is 0.496 e. The SMILES string of the molecule is COc1ccccc1C1(O)CCCN(CC(O)c2ccc3c(c2)CC(C)O3)C1. The average Bonchev–Trinajstić information content (AvgIpc) is 3.07. The third-order valence-corrected chi connectivity index (χ3v) is 5.89. The monoisotopic (exact) mass is 383 g/mol. The number of aliphatic hydroxyl groups is 2. The lowest BCUT2D eigenvalue weighted by Gasteiger charge is -2.40. The average molecular weight is 383 g/mol. The van der Waals surface area contributed by atoms with Gasteiger partial charge >= 0.3 is 0 Å². The number of para-hydroxylation sites is 1. The van der Waals surface area contributed by atoms with Gasteiger partial charge in [-0.25, -0.2) is 0 Å². The molecule has 2 aliphatic rings. The molecule has 28 heavy (non-hydrogen) atoms. The van der Waals surface area contributed by atoms with Gasteiger partial charge in [0, 0.05) is 25.1 Å². The molecule has 4 rings (SSSR count). The first kappa shape index (κ1) is 19.2. The van der Waals surface area contributed by atoms with Gasteiger partial charge in [0.15, 0.2) is 0 Å². The zero-order valence-electron chi connectivity index (χ0n) is 16.6. The van der Waals surface area contributed by atoms with Crippen molar-refractivity contribution in [3.63, 3.8) is 0 Å². The Balaban J connectivity index is 1.47. The lowest BCUT2D eigenvalue weighted by molar-refractivity contribution is -0.0474. The number of aliphatic hydroxyl groups excluding tert-OH is 1. The minimum absolute atomic E-state index is 0.195. The maximum absolute atomic E-state index is 11.3. The second-order valence-electron chi connectivity index (χ2n) is 8.09. The van der Waals surface area contributed by atoms with Crippen molar-refractivity contribution in [2.45, 2.75) is 44.0 Å². The number of β-amino-alcohol motifs (C(OH)–C–C–N with tert-alkyl or cyclic N) is 2. The highest BCUT2D eigenvalue weighted by Gasteiger charge is 2.37. The van der Waals surface area contributed by atoms with Crippen LogP contribution in [0.1, 0.15) is 42.6 Å². The number of hydrogen-bond acceptors (Lipinski definition) is 5. The third kappa shape index (κ3) is 3.75. The van der Waals surface area contributed by atoms with Crippen molar-refractivity contribution in [2.75, 3.05) is 26.7 Å². The van der Waals surface area contributed by atoms with E-state index in [-0.39, 0.29) is 6.10 Å². The molecule has 2 aliphatic heterocycles. The van der Waals surface area contributed by atoms with Crippen LogP contribution in [0.3, 0.4) is 0 Å². The number of nitrogens with zero attached hydrogens (tertiary/aromatic N) is 1. The van der Waals surface area contributed by atoms with Crippen LogP contribution in [0.2, 0.25) is 0 Å². The molecule has 0 aliphatic carbocycles. The van der Waals surface area contributed by atoms with Gasteiger partial charge in [0.2, 0.25) is 0 Å². The van der Waals surface area contributed by atoms with E-state index in [2.05, 4.69) is 17.9 Å². The van der Waals surface area contributed by atoms with E-state index in [0.717, 1.165) is 41.8 Å². The summed E-state index contributed by atoms with van der Waals surface area (Å²) in [4.78, 5) is 2.15. The van der Waals surface area contributed by atoms with Crippen LogP contribution in [-0.4, -0.2) is 48.0 Å². The minimum atomic E-state index is -0.966. The summed E-state index contributed by atoms with van der Waals surface area (Å²) < 4.78 is 11.2. The van der Waals surface area contributed by atoms with Crippen LogP contribution in [-0.2, 0) is 12.0 Å². The molecule has 0 radical (unpaired) electrons.